The molecule has 0 fully saturated rings. The van der Waals surface area contributed by atoms with Crippen LogP contribution in [0.3, 0.4) is 0 Å². The summed E-state index contributed by atoms with van der Waals surface area (Å²) in [6.45, 7) is 0.0194. The molecule has 2 aromatic carbocycles. The van der Waals surface area contributed by atoms with E-state index in [1.807, 2.05) is 0 Å². The molecule has 0 heterocycles. The zero-order chi connectivity index (χ0) is 20.7. The third-order valence-electron chi connectivity index (χ3n) is 3.85. The van der Waals surface area contributed by atoms with Gasteiger partial charge in [-0.15, -0.1) is 0 Å². The molecular formula is C18H21N3O6S. The van der Waals surface area contributed by atoms with Crippen molar-refractivity contribution in [2.45, 2.75) is 12.8 Å². The molecule has 2 aromatic rings. The van der Waals surface area contributed by atoms with E-state index in [1.54, 1.807) is 24.3 Å². The van der Waals surface area contributed by atoms with Gasteiger partial charge >= 0.3 is 0 Å². The maximum Gasteiger partial charge on any atom is 0.271 e. The second kappa shape index (κ2) is 9.18. The van der Waals surface area contributed by atoms with Crippen molar-refractivity contribution in [3.05, 3.63) is 58.6 Å². The molecule has 150 valence electrons. The van der Waals surface area contributed by atoms with Crippen LogP contribution in [-0.2, 0) is 14.8 Å². The number of rotatable bonds is 9. The van der Waals surface area contributed by atoms with Crippen LogP contribution in [0, 0.1) is 10.1 Å². The lowest BCUT2D eigenvalue weighted by Gasteiger charge is -2.22. The zero-order valence-electron chi connectivity index (χ0n) is 15.5. The fraction of sp³-hybridized carbons (Fsp3) is 0.278. The van der Waals surface area contributed by atoms with Crippen molar-refractivity contribution >= 4 is 33.0 Å². The van der Waals surface area contributed by atoms with Crippen LogP contribution in [0.5, 0.6) is 5.75 Å². The number of amides is 1. The first-order chi connectivity index (χ1) is 13.2. The standard InChI is InChI=1S/C18H21N3O6S/c1-27-17-9-3-6-14(12-17)19-18(22)10-5-11-20(28(2,25)26)15-7-4-8-16(13-15)21(23)24/h3-4,6-9,12-13H,5,10-11H2,1-2H3,(H,19,22). The lowest BCUT2D eigenvalue weighted by molar-refractivity contribution is -0.384. The number of sulfonamides is 1. The van der Waals surface area contributed by atoms with Gasteiger partial charge in [-0.2, -0.15) is 0 Å². The van der Waals surface area contributed by atoms with Crippen molar-refractivity contribution in [3.63, 3.8) is 0 Å². The number of non-ortho nitro benzene ring substituents is 1. The van der Waals surface area contributed by atoms with Gasteiger partial charge in [-0.3, -0.25) is 19.2 Å². The number of hydrogen-bond acceptors (Lipinski definition) is 6. The summed E-state index contributed by atoms with van der Waals surface area (Å²) in [6, 6.07) is 12.2. The number of anilines is 2. The summed E-state index contributed by atoms with van der Waals surface area (Å²) in [4.78, 5) is 22.4. The Hall–Kier alpha value is -3.14. The second-order valence-electron chi connectivity index (χ2n) is 6.00. The van der Waals surface area contributed by atoms with Crippen molar-refractivity contribution in [3.8, 4) is 5.75 Å². The summed E-state index contributed by atoms with van der Waals surface area (Å²) in [6.07, 6.45) is 1.34. The molecule has 0 saturated heterocycles. The predicted molar refractivity (Wildman–Crippen MR) is 106 cm³/mol. The van der Waals surface area contributed by atoms with Crippen molar-refractivity contribution in [2.75, 3.05) is 29.5 Å². The molecule has 0 atom stereocenters. The lowest BCUT2D eigenvalue weighted by atomic mass is 10.2. The van der Waals surface area contributed by atoms with Gasteiger partial charge in [-0.1, -0.05) is 12.1 Å². The first-order valence-electron chi connectivity index (χ1n) is 8.37. The highest BCUT2D eigenvalue weighted by molar-refractivity contribution is 7.92. The topological polar surface area (TPSA) is 119 Å². The number of ether oxygens (including phenoxy) is 1. The first-order valence-corrected chi connectivity index (χ1v) is 10.2. The molecule has 0 aromatic heterocycles. The van der Waals surface area contributed by atoms with Gasteiger partial charge in [0, 0.05) is 36.9 Å². The van der Waals surface area contributed by atoms with E-state index in [0.29, 0.717) is 11.4 Å². The normalized spacial score (nSPS) is 10.9. The Bertz CT molecular complexity index is 961. The minimum atomic E-state index is -3.66. The molecule has 0 saturated carbocycles. The van der Waals surface area contributed by atoms with E-state index in [1.165, 1.54) is 31.4 Å². The predicted octanol–water partition coefficient (Wildman–Crippen LogP) is 2.79. The molecule has 0 aliphatic heterocycles. The molecule has 0 aliphatic carbocycles. The van der Waals surface area contributed by atoms with Crippen LogP contribution in [0.25, 0.3) is 0 Å². The van der Waals surface area contributed by atoms with Crippen LogP contribution < -0.4 is 14.4 Å². The number of nitro groups is 1. The van der Waals surface area contributed by atoms with Crippen molar-refractivity contribution in [1.29, 1.82) is 0 Å². The van der Waals surface area contributed by atoms with Crippen LogP contribution >= 0.6 is 0 Å². The Morgan fingerprint density at radius 1 is 1.21 bits per heavy atom. The molecule has 0 aliphatic rings. The SMILES string of the molecule is COc1cccc(NC(=O)CCCN(c2cccc([N+](=O)[O-])c2)S(C)(=O)=O)c1. The molecule has 2 rings (SSSR count). The number of nitrogens with one attached hydrogen (secondary N) is 1. The third kappa shape index (κ3) is 5.95. The van der Waals surface area contributed by atoms with Gasteiger partial charge < -0.3 is 10.1 Å². The van der Waals surface area contributed by atoms with Crippen LogP contribution in [0.2, 0.25) is 0 Å². The zero-order valence-corrected chi connectivity index (χ0v) is 16.3. The number of hydrogen-bond donors (Lipinski definition) is 1. The summed E-state index contributed by atoms with van der Waals surface area (Å²) in [5, 5.41) is 13.6. The average Bonchev–Trinajstić information content (AvgIpc) is 2.64. The molecule has 0 radical (unpaired) electrons. The second-order valence-corrected chi connectivity index (χ2v) is 7.90. The van der Waals surface area contributed by atoms with Crippen LogP contribution in [-0.4, -0.2) is 39.2 Å². The monoisotopic (exact) mass is 407 g/mol. The quantitative estimate of drug-likeness (QED) is 0.504. The largest absolute Gasteiger partial charge is 0.497 e. The number of nitrogens with zero attached hydrogens (tertiary/aromatic N) is 2. The van der Waals surface area contributed by atoms with Crippen molar-refractivity contribution in [1.82, 2.24) is 0 Å². The van der Waals surface area contributed by atoms with E-state index in [0.717, 1.165) is 10.6 Å². The molecule has 1 N–H and O–H groups in total. The maximum absolute atomic E-state index is 12.1. The minimum absolute atomic E-state index is 0.0194. The number of methoxy groups -OCH3 is 1. The molecule has 10 heteroatoms. The highest BCUT2D eigenvalue weighted by atomic mass is 32.2. The first kappa shape index (κ1) is 21.2. The van der Waals surface area contributed by atoms with Crippen LogP contribution in [0.1, 0.15) is 12.8 Å². The van der Waals surface area contributed by atoms with Gasteiger partial charge in [0.25, 0.3) is 5.69 Å². The molecule has 0 spiro atoms. The number of carbonyl (C=O) groups is 1. The van der Waals surface area contributed by atoms with E-state index in [-0.39, 0.29) is 36.7 Å². The Morgan fingerprint density at radius 3 is 2.57 bits per heavy atom. The van der Waals surface area contributed by atoms with Gasteiger partial charge in [0.1, 0.15) is 5.75 Å². The van der Waals surface area contributed by atoms with Gasteiger partial charge in [-0.25, -0.2) is 8.42 Å². The van der Waals surface area contributed by atoms with Crippen LogP contribution in [0.15, 0.2) is 48.5 Å². The molecule has 1 amide bonds. The summed E-state index contributed by atoms with van der Waals surface area (Å²) < 4.78 is 30.3. The van der Waals surface area contributed by atoms with E-state index in [4.69, 9.17) is 4.74 Å². The highest BCUT2D eigenvalue weighted by Gasteiger charge is 2.19. The van der Waals surface area contributed by atoms with Crippen LogP contribution in [0.4, 0.5) is 17.1 Å². The van der Waals surface area contributed by atoms with Gasteiger partial charge in [0.15, 0.2) is 0 Å². The van der Waals surface area contributed by atoms with Gasteiger partial charge in [-0.05, 0) is 24.6 Å². The maximum atomic E-state index is 12.1. The Balaban J connectivity index is 2.01. The van der Waals surface area contributed by atoms with E-state index < -0.39 is 14.9 Å². The fourth-order valence-corrected chi connectivity index (χ4v) is 3.51. The minimum Gasteiger partial charge on any atom is -0.497 e. The number of carbonyl (C=O) groups excluding carboxylic acids is 1. The van der Waals surface area contributed by atoms with Gasteiger partial charge in [0.05, 0.1) is 24.0 Å². The molecule has 9 nitrogen and oxygen atoms in total. The third-order valence-corrected chi connectivity index (χ3v) is 5.04. The molecule has 28 heavy (non-hydrogen) atoms. The fourth-order valence-electron chi connectivity index (χ4n) is 2.56. The molecular weight excluding hydrogens is 386 g/mol. The lowest BCUT2D eigenvalue weighted by Crippen LogP contribution is -2.31. The molecule has 0 bridgehead atoms. The Morgan fingerprint density at radius 2 is 1.93 bits per heavy atom. The average molecular weight is 407 g/mol. The number of nitro benzene ring substituents is 1. The Labute approximate surface area is 163 Å². The van der Waals surface area contributed by atoms with Crippen molar-refractivity contribution in [2.24, 2.45) is 0 Å². The molecule has 0 unspecified atom stereocenters. The smallest absolute Gasteiger partial charge is 0.271 e. The van der Waals surface area contributed by atoms with Crippen molar-refractivity contribution < 1.29 is 22.9 Å². The van der Waals surface area contributed by atoms with E-state index >= 15 is 0 Å². The summed E-state index contributed by atoms with van der Waals surface area (Å²) in [5.74, 6) is 0.326. The van der Waals surface area contributed by atoms with Gasteiger partial charge in [0.2, 0.25) is 15.9 Å². The highest BCUT2D eigenvalue weighted by Crippen LogP contribution is 2.23. The van der Waals surface area contributed by atoms with E-state index in [9.17, 15) is 23.3 Å². The van der Waals surface area contributed by atoms with E-state index in [2.05, 4.69) is 5.32 Å². The summed E-state index contributed by atoms with van der Waals surface area (Å²) in [7, 11) is -2.14. The summed E-state index contributed by atoms with van der Waals surface area (Å²) >= 11 is 0. The Kier molecular flexibility index (Phi) is 6.94. The number of benzene rings is 2. The summed E-state index contributed by atoms with van der Waals surface area (Å²) in [5.41, 5.74) is 0.551.